The quantitative estimate of drug-likeness (QED) is 0.519. The van der Waals surface area contributed by atoms with Gasteiger partial charge in [-0.15, -0.1) is 0 Å². The van der Waals surface area contributed by atoms with Crippen LogP contribution in [-0.4, -0.2) is 37.3 Å². The van der Waals surface area contributed by atoms with E-state index in [0.29, 0.717) is 16.2 Å². The Morgan fingerprint density at radius 1 is 0.688 bits per heavy atom. The minimum absolute atomic E-state index is 0.658. The van der Waals surface area contributed by atoms with Gasteiger partial charge >= 0.3 is 0 Å². The molecule has 3 saturated heterocycles. The molecule has 3 heterocycles. The minimum atomic E-state index is 0.658. The first-order chi connectivity index (χ1) is 15.5. The number of hydrogen-bond acceptors (Lipinski definition) is 3. The summed E-state index contributed by atoms with van der Waals surface area (Å²) in [7, 11) is 0. The summed E-state index contributed by atoms with van der Waals surface area (Å²) in [6, 6.07) is 2.98. The molecule has 0 aromatic carbocycles. The molecule has 6 rings (SSSR count). The van der Waals surface area contributed by atoms with Gasteiger partial charge < -0.3 is 16.0 Å². The molecule has 8 atom stereocenters. The highest BCUT2D eigenvalue weighted by Crippen LogP contribution is 2.69. The smallest absolute Gasteiger partial charge is 0.00980 e. The number of rotatable bonds is 3. The molecule has 3 heteroatoms. The van der Waals surface area contributed by atoms with E-state index in [2.05, 4.69) is 29.8 Å². The molecule has 6 fully saturated rings. The fourth-order valence-corrected chi connectivity index (χ4v) is 10.5. The SMILES string of the molecule is CC1CC2(CCCC2)CC(CC2CC3(CCCCC3C3CC34CCCNC4C)CCN2)N1. The van der Waals surface area contributed by atoms with Crippen LogP contribution < -0.4 is 16.0 Å². The van der Waals surface area contributed by atoms with Gasteiger partial charge in [0.15, 0.2) is 0 Å². The summed E-state index contributed by atoms with van der Waals surface area (Å²) in [5.41, 5.74) is 2.02. The summed E-state index contributed by atoms with van der Waals surface area (Å²) in [6.45, 7) is 7.51. The van der Waals surface area contributed by atoms with E-state index in [4.69, 9.17) is 0 Å². The fourth-order valence-electron chi connectivity index (χ4n) is 10.5. The van der Waals surface area contributed by atoms with Crippen LogP contribution in [0.1, 0.15) is 117 Å². The minimum Gasteiger partial charge on any atom is -0.314 e. The third kappa shape index (κ3) is 3.91. The van der Waals surface area contributed by atoms with Crippen molar-refractivity contribution in [3.05, 3.63) is 0 Å². The molecule has 8 unspecified atom stereocenters. The molecule has 32 heavy (non-hydrogen) atoms. The maximum Gasteiger partial charge on any atom is 0.00980 e. The molecule has 0 radical (unpaired) electrons. The predicted octanol–water partition coefficient (Wildman–Crippen LogP) is 5.78. The van der Waals surface area contributed by atoms with Crippen molar-refractivity contribution in [1.29, 1.82) is 0 Å². The van der Waals surface area contributed by atoms with Crippen molar-refractivity contribution in [3.63, 3.8) is 0 Å². The van der Waals surface area contributed by atoms with Gasteiger partial charge in [-0.2, -0.15) is 0 Å². The van der Waals surface area contributed by atoms with E-state index in [9.17, 15) is 0 Å². The summed E-state index contributed by atoms with van der Waals surface area (Å²) in [5.74, 6) is 2.04. The lowest BCUT2D eigenvalue weighted by Crippen LogP contribution is -2.54. The van der Waals surface area contributed by atoms with Gasteiger partial charge in [0.25, 0.3) is 0 Å². The lowest BCUT2D eigenvalue weighted by Gasteiger charge is -2.52. The molecule has 182 valence electrons. The summed E-state index contributed by atoms with van der Waals surface area (Å²) >= 11 is 0. The number of nitrogens with one attached hydrogen (secondary N) is 3. The van der Waals surface area contributed by atoms with E-state index >= 15 is 0 Å². The Bertz CT molecular complexity index is 667. The van der Waals surface area contributed by atoms with E-state index in [1.165, 1.54) is 116 Å². The summed E-state index contributed by atoms with van der Waals surface area (Å²) in [5, 5.41) is 12.0. The standard InChI is InChI=1S/C29H51N3/c1-21-17-27(9-5-6-10-27)18-24(32-21)16-23-19-28(13-15-31-23)11-4-3-8-25(28)26-20-29(26)12-7-14-30-22(29)2/h21-26,30-32H,3-20H2,1-2H3. The van der Waals surface area contributed by atoms with Crippen molar-refractivity contribution in [1.82, 2.24) is 16.0 Å². The Morgan fingerprint density at radius 2 is 1.53 bits per heavy atom. The van der Waals surface area contributed by atoms with Crippen LogP contribution in [0.3, 0.4) is 0 Å². The summed E-state index contributed by atoms with van der Waals surface area (Å²) in [6.07, 6.45) is 23.7. The first-order valence-electron chi connectivity index (χ1n) is 14.8. The van der Waals surface area contributed by atoms with E-state index in [0.717, 1.165) is 36.0 Å². The highest BCUT2D eigenvalue weighted by atomic mass is 15.0. The van der Waals surface area contributed by atoms with Gasteiger partial charge in [-0.3, -0.25) is 0 Å². The first-order valence-corrected chi connectivity index (χ1v) is 14.8. The third-order valence-corrected chi connectivity index (χ3v) is 11.9. The van der Waals surface area contributed by atoms with Crippen LogP contribution in [0.25, 0.3) is 0 Å². The zero-order chi connectivity index (χ0) is 21.8. The van der Waals surface area contributed by atoms with E-state index in [-0.39, 0.29) is 0 Å². The van der Waals surface area contributed by atoms with Gasteiger partial charge in [0.1, 0.15) is 0 Å². The highest BCUT2D eigenvalue weighted by Gasteiger charge is 2.64. The topological polar surface area (TPSA) is 36.1 Å². The van der Waals surface area contributed by atoms with E-state index < -0.39 is 0 Å². The highest BCUT2D eigenvalue weighted by molar-refractivity contribution is 5.15. The van der Waals surface area contributed by atoms with Crippen molar-refractivity contribution in [2.75, 3.05) is 13.1 Å². The molecule has 3 aliphatic heterocycles. The average molecular weight is 442 g/mol. The van der Waals surface area contributed by atoms with Crippen molar-refractivity contribution in [2.24, 2.45) is 28.1 Å². The molecule has 6 aliphatic rings. The zero-order valence-corrected chi connectivity index (χ0v) is 21.2. The van der Waals surface area contributed by atoms with Crippen LogP contribution >= 0.6 is 0 Å². The lowest BCUT2D eigenvalue weighted by atomic mass is 9.57. The third-order valence-electron chi connectivity index (χ3n) is 11.9. The Morgan fingerprint density at radius 3 is 2.38 bits per heavy atom. The van der Waals surface area contributed by atoms with Crippen molar-refractivity contribution in [2.45, 2.75) is 141 Å². The predicted molar refractivity (Wildman–Crippen MR) is 134 cm³/mol. The second-order valence-corrected chi connectivity index (χ2v) is 13.8. The van der Waals surface area contributed by atoms with Crippen LogP contribution in [-0.2, 0) is 0 Å². The van der Waals surface area contributed by atoms with Crippen LogP contribution in [0.4, 0.5) is 0 Å². The van der Waals surface area contributed by atoms with Gasteiger partial charge in [-0.25, -0.2) is 0 Å². The molecule has 0 aromatic heterocycles. The summed E-state index contributed by atoms with van der Waals surface area (Å²) in [4.78, 5) is 0. The Balaban J connectivity index is 1.15. The first kappa shape index (κ1) is 22.4. The zero-order valence-electron chi connectivity index (χ0n) is 21.2. The number of piperidine rings is 3. The fraction of sp³-hybridized carbons (Fsp3) is 1.00. The van der Waals surface area contributed by atoms with E-state index in [1.807, 2.05) is 0 Å². The monoisotopic (exact) mass is 441 g/mol. The Kier molecular flexibility index (Phi) is 5.95. The Labute approximate surface area is 198 Å². The molecule has 0 bridgehead atoms. The van der Waals surface area contributed by atoms with Crippen molar-refractivity contribution >= 4 is 0 Å². The van der Waals surface area contributed by atoms with E-state index in [1.54, 1.807) is 0 Å². The van der Waals surface area contributed by atoms with Gasteiger partial charge in [-0.1, -0.05) is 25.7 Å². The second kappa shape index (κ2) is 8.52. The lowest BCUT2D eigenvalue weighted by molar-refractivity contribution is 0.00571. The van der Waals surface area contributed by atoms with Crippen LogP contribution in [0.2, 0.25) is 0 Å². The van der Waals surface area contributed by atoms with Gasteiger partial charge in [0.2, 0.25) is 0 Å². The molecule has 3 aliphatic carbocycles. The molecular formula is C29H51N3. The molecule has 3 N–H and O–H groups in total. The van der Waals surface area contributed by atoms with Gasteiger partial charge in [0.05, 0.1) is 0 Å². The molecular weight excluding hydrogens is 390 g/mol. The molecule has 3 saturated carbocycles. The summed E-state index contributed by atoms with van der Waals surface area (Å²) < 4.78 is 0. The van der Waals surface area contributed by atoms with Crippen molar-refractivity contribution < 1.29 is 0 Å². The molecule has 0 aromatic rings. The maximum atomic E-state index is 4.06. The molecule has 3 spiro atoms. The largest absolute Gasteiger partial charge is 0.314 e. The van der Waals surface area contributed by atoms with Gasteiger partial charge in [0, 0.05) is 24.2 Å². The van der Waals surface area contributed by atoms with Crippen molar-refractivity contribution in [3.8, 4) is 0 Å². The molecule has 0 amide bonds. The van der Waals surface area contributed by atoms with Gasteiger partial charge in [-0.05, 0) is 132 Å². The Hall–Kier alpha value is -0.120. The normalized spacial score (nSPS) is 50.8. The average Bonchev–Trinajstić information content (AvgIpc) is 3.31. The van der Waals surface area contributed by atoms with Crippen LogP contribution in [0.15, 0.2) is 0 Å². The molecule has 3 nitrogen and oxygen atoms in total. The van der Waals surface area contributed by atoms with Crippen LogP contribution in [0.5, 0.6) is 0 Å². The second-order valence-electron chi connectivity index (χ2n) is 13.8. The number of hydrogen-bond donors (Lipinski definition) is 3. The van der Waals surface area contributed by atoms with Crippen LogP contribution in [0, 0.1) is 28.1 Å². The maximum absolute atomic E-state index is 4.06.